The zero-order valence-electron chi connectivity index (χ0n) is 17.6. The van der Waals surface area contributed by atoms with Crippen molar-refractivity contribution in [3.63, 3.8) is 0 Å². The molecular formula is C24H24N2O5S. The highest BCUT2D eigenvalue weighted by Gasteiger charge is 2.26. The van der Waals surface area contributed by atoms with Crippen molar-refractivity contribution in [2.45, 2.75) is 24.3 Å². The summed E-state index contributed by atoms with van der Waals surface area (Å²) < 4.78 is 39.6. The summed E-state index contributed by atoms with van der Waals surface area (Å²) in [7, 11) is -3.90. The molecule has 3 aromatic rings. The lowest BCUT2D eigenvalue weighted by molar-refractivity contribution is -0.117. The lowest BCUT2D eigenvalue weighted by Crippen LogP contribution is -2.45. The third-order valence-electron chi connectivity index (χ3n) is 5.04. The molecule has 8 heteroatoms. The summed E-state index contributed by atoms with van der Waals surface area (Å²) >= 11 is 0. The van der Waals surface area contributed by atoms with Gasteiger partial charge in [-0.1, -0.05) is 48.0 Å². The number of sulfonamides is 1. The molecule has 0 fully saturated rings. The molecule has 0 saturated heterocycles. The number of rotatable bonds is 7. The normalized spacial score (nSPS) is 13.9. The number of fused-ring (bicyclic) bond motifs is 1. The van der Waals surface area contributed by atoms with E-state index in [-0.39, 0.29) is 11.3 Å². The van der Waals surface area contributed by atoms with Gasteiger partial charge in [0.1, 0.15) is 19.3 Å². The number of hydrogen-bond donors (Lipinski definition) is 2. The molecule has 1 heterocycles. The fraction of sp³-hybridized carbons (Fsp3) is 0.208. The summed E-state index contributed by atoms with van der Waals surface area (Å²) in [6, 6.07) is 19.8. The van der Waals surface area contributed by atoms with Gasteiger partial charge in [-0.3, -0.25) is 4.79 Å². The molecule has 1 atom stereocenters. The van der Waals surface area contributed by atoms with Crippen LogP contribution in [-0.4, -0.2) is 33.6 Å². The maximum atomic E-state index is 13.1. The molecule has 166 valence electrons. The van der Waals surface area contributed by atoms with Gasteiger partial charge in [0.25, 0.3) is 0 Å². The van der Waals surface area contributed by atoms with Gasteiger partial charge in [0.15, 0.2) is 11.5 Å². The Labute approximate surface area is 187 Å². The van der Waals surface area contributed by atoms with Gasteiger partial charge < -0.3 is 14.8 Å². The topological polar surface area (TPSA) is 93.7 Å². The molecule has 0 aromatic heterocycles. The first-order chi connectivity index (χ1) is 15.4. The minimum atomic E-state index is -3.90. The van der Waals surface area contributed by atoms with Crippen molar-refractivity contribution in [3.8, 4) is 11.5 Å². The third kappa shape index (κ3) is 5.27. The number of anilines is 1. The van der Waals surface area contributed by atoms with Crippen LogP contribution in [0.25, 0.3) is 0 Å². The lowest BCUT2D eigenvalue weighted by Gasteiger charge is -2.21. The zero-order chi connectivity index (χ0) is 22.6. The standard InChI is InChI=1S/C24H24N2O5S/c1-17-7-10-20(11-8-17)32(28,29)26-21(15-18-5-3-2-4-6-18)24(27)25-19-9-12-22-23(16-19)31-14-13-30-22/h2-12,16,21,26H,13-15H2,1H3,(H,25,27)/t21-/m1/s1. The molecule has 0 unspecified atom stereocenters. The Balaban J connectivity index is 1.57. The van der Waals surface area contributed by atoms with E-state index in [0.717, 1.165) is 11.1 Å². The van der Waals surface area contributed by atoms with Crippen LogP contribution in [0.1, 0.15) is 11.1 Å². The van der Waals surface area contributed by atoms with Crippen LogP contribution in [0.15, 0.2) is 77.7 Å². The Kier molecular flexibility index (Phi) is 6.43. The van der Waals surface area contributed by atoms with E-state index in [9.17, 15) is 13.2 Å². The number of aryl methyl sites for hydroxylation is 1. The lowest BCUT2D eigenvalue weighted by atomic mass is 10.1. The number of hydrogen-bond acceptors (Lipinski definition) is 5. The molecule has 0 aliphatic carbocycles. The van der Waals surface area contributed by atoms with Crippen molar-refractivity contribution in [2.75, 3.05) is 18.5 Å². The van der Waals surface area contributed by atoms with E-state index in [0.29, 0.717) is 30.4 Å². The SMILES string of the molecule is Cc1ccc(S(=O)(=O)N[C@H](Cc2ccccc2)C(=O)Nc2ccc3c(c2)OCCO3)cc1. The van der Waals surface area contributed by atoms with E-state index in [1.807, 2.05) is 37.3 Å². The molecule has 0 bridgehead atoms. The van der Waals surface area contributed by atoms with E-state index in [1.54, 1.807) is 30.3 Å². The molecular weight excluding hydrogens is 428 g/mol. The predicted molar refractivity (Wildman–Crippen MR) is 121 cm³/mol. The minimum absolute atomic E-state index is 0.105. The summed E-state index contributed by atoms with van der Waals surface area (Å²) in [4.78, 5) is 13.2. The fourth-order valence-electron chi connectivity index (χ4n) is 3.36. The molecule has 32 heavy (non-hydrogen) atoms. The van der Waals surface area contributed by atoms with Crippen molar-refractivity contribution in [1.29, 1.82) is 0 Å². The molecule has 0 spiro atoms. The highest BCUT2D eigenvalue weighted by atomic mass is 32.2. The Morgan fingerprint density at radius 1 is 0.938 bits per heavy atom. The van der Waals surface area contributed by atoms with Crippen LogP contribution in [0.3, 0.4) is 0 Å². The second kappa shape index (κ2) is 9.42. The van der Waals surface area contributed by atoms with Crippen LogP contribution in [0.4, 0.5) is 5.69 Å². The van der Waals surface area contributed by atoms with Crippen LogP contribution < -0.4 is 19.5 Å². The van der Waals surface area contributed by atoms with E-state index < -0.39 is 22.0 Å². The van der Waals surface area contributed by atoms with Crippen molar-refractivity contribution in [2.24, 2.45) is 0 Å². The van der Waals surface area contributed by atoms with Crippen LogP contribution in [-0.2, 0) is 21.2 Å². The molecule has 0 saturated carbocycles. The van der Waals surface area contributed by atoms with Gasteiger partial charge in [-0.05, 0) is 43.2 Å². The monoisotopic (exact) mass is 452 g/mol. The number of ether oxygens (including phenoxy) is 2. The number of benzene rings is 3. The van der Waals surface area contributed by atoms with Gasteiger partial charge in [-0.2, -0.15) is 4.72 Å². The first-order valence-corrected chi connectivity index (χ1v) is 11.7. The van der Waals surface area contributed by atoms with Crippen molar-refractivity contribution < 1.29 is 22.7 Å². The molecule has 1 aliphatic rings. The molecule has 7 nitrogen and oxygen atoms in total. The van der Waals surface area contributed by atoms with Crippen molar-refractivity contribution >= 4 is 21.6 Å². The van der Waals surface area contributed by atoms with E-state index >= 15 is 0 Å². The third-order valence-corrected chi connectivity index (χ3v) is 6.53. The summed E-state index contributed by atoms with van der Waals surface area (Å²) in [5.74, 6) is 0.672. The number of nitrogens with one attached hydrogen (secondary N) is 2. The molecule has 1 amide bonds. The average Bonchev–Trinajstić information content (AvgIpc) is 2.79. The zero-order valence-corrected chi connectivity index (χ0v) is 18.4. The van der Waals surface area contributed by atoms with Crippen LogP contribution in [0, 0.1) is 6.92 Å². The second-order valence-corrected chi connectivity index (χ2v) is 9.24. The molecule has 0 radical (unpaired) electrons. The highest BCUT2D eigenvalue weighted by molar-refractivity contribution is 7.89. The van der Waals surface area contributed by atoms with Gasteiger partial charge in [-0.25, -0.2) is 8.42 Å². The van der Waals surface area contributed by atoms with Crippen LogP contribution >= 0.6 is 0 Å². The maximum absolute atomic E-state index is 13.1. The Hall–Kier alpha value is -3.36. The van der Waals surface area contributed by atoms with Gasteiger partial charge in [-0.15, -0.1) is 0 Å². The van der Waals surface area contributed by atoms with Crippen molar-refractivity contribution in [1.82, 2.24) is 4.72 Å². The van der Waals surface area contributed by atoms with Crippen LogP contribution in [0.5, 0.6) is 11.5 Å². The van der Waals surface area contributed by atoms with Gasteiger partial charge in [0, 0.05) is 11.8 Å². The molecule has 3 aromatic carbocycles. The summed E-state index contributed by atoms with van der Waals surface area (Å²) in [5.41, 5.74) is 2.27. The first kappa shape index (κ1) is 21.9. The number of carbonyl (C=O) groups excluding carboxylic acids is 1. The largest absolute Gasteiger partial charge is 0.486 e. The van der Waals surface area contributed by atoms with E-state index in [4.69, 9.17) is 9.47 Å². The molecule has 1 aliphatic heterocycles. The maximum Gasteiger partial charge on any atom is 0.242 e. The van der Waals surface area contributed by atoms with Gasteiger partial charge >= 0.3 is 0 Å². The van der Waals surface area contributed by atoms with E-state index in [1.165, 1.54) is 12.1 Å². The Morgan fingerprint density at radius 3 is 2.34 bits per heavy atom. The first-order valence-electron chi connectivity index (χ1n) is 10.2. The van der Waals surface area contributed by atoms with Crippen molar-refractivity contribution in [3.05, 3.63) is 83.9 Å². The summed E-state index contributed by atoms with van der Waals surface area (Å²) in [5, 5.41) is 2.79. The summed E-state index contributed by atoms with van der Waals surface area (Å²) in [6.45, 7) is 2.78. The number of carbonyl (C=O) groups is 1. The smallest absolute Gasteiger partial charge is 0.242 e. The van der Waals surface area contributed by atoms with Crippen LogP contribution in [0.2, 0.25) is 0 Å². The quantitative estimate of drug-likeness (QED) is 0.574. The summed E-state index contributed by atoms with van der Waals surface area (Å²) in [6.07, 6.45) is 0.197. The minimum Gasteiger partial charge on any atom is -0.486 e. The highest BCUT2D eigenvalue weighted by Crippen LogP contribution is 2.32. The fourth-order valence-corrected chi connectivity index (χ4v) is 4.56. The van der Waals surface area contributed by atoms with Gasteiger partial charge in [0.2, 0.25) is 15.9 Å². The molecule has 4 rings (SSSR count). The van der Waals surface area contributed by atoms with Gasteiger partial charge in [0.05, 0.1) is 4.90 Å². The Morgan fingerprint density at radius 2 is 1.62 bits per heavy atom. The number of amides is 1. The Bertz CT molecular complexity index is 1190. The average molecular weight is 453 g/mol. The van der Waals surface area contributed by atoms with E-state index in [2.05, 4.69) is 10.0 Å². The molecule has 2 N–H and O–H groups in total. The predicted octanol–water partition coefficient (Wildman–Crippen LogP) is 3.29. The second-order valence-electron chi connectivity index (χ2n) is 7.52.